The molecule has 168 valence electrons. The van der Waals surface area contributed by atoms with Crippen molar-refractivity contribution in [1.82, 2.24) is 14.7 Å². The van der Waals surface area contributed by atoms with Crippen molar-refractivity contribution in [2.45, 2.75) is 32.8 Å². The van der Waals surface area contributed by atoms with Crippen LogP contribution in [0.2, 0.25) is 0 Å². The first-order chi connectivity index (χ1) is 15.9. The van der Waals surface area contributed by atoms with Gasteiger partial charge in [0.05, 0.1) is 6.10 Å². The van der Waals surface area contributed by atoms with Gasteiger partial charge in [-0.15, -0.1) is 0 Å². The molecule has 1 aromatic carbocycles. The van der Waals surface area contributed by atoms with Crippen LogP contribution in [0.25, 0.3) is 11.7 Å². The Balaban J connectivity index is 1.74. The number of hydrogen-bond acceptors (Lipinski definition) is 6. The van der Waals surface area contributed by atoms with Crippen LogP contribution in [0.3, 0.4) is 0 Å². The Bertz CT molecular complexity index is 1310. The molecular formula is C25H24N4O4. The highest BCUT2D eigenvalue weighted by Crippen LogP contribution is 2.26. The van der Waals surface area contributed by atoms with E-state index >= 15 is 0 Å². The van der Waals surface area contributed by atoms with Gasteiger partial charge >= 0.3 is 0 Å². The summed E-state index contributed by atoms with van der Waals surface area (Å²) < 4.78 is 12.8. The number of carbonyl (C=O) groups excluding carboxylic acids is 1. The molecule has 1 N–H and O–H groups in total. The molecule has 1 atom stereocenters. The number of fused-ring (bicyclic) bond motifs is 1. The standard InChI is InChI=1S/C25H24N4O4/c1-16-10-17(2)12-20(11-16)33-24-21(25(31)29-8-4-3-7-22(29)28-24)13-18(14-26)23(30)27-15-19-6-5-9-32-19/h3-4,7-8,10-13,19H,5-6,9,15H2,1-2H3,(H,27,30)/b18-13+. The van der Waals surface area contributed by atoms with E-state index in [2.05, 4.69) is 10.3 Å². The maximum atomic E-state index is 13.3. The molecule has 1 saturated heterocycles. The van der Waals surface area contributed by atoms with E-state index in [-0.39, 0.29) is 23.1 Å². The molecule has 0 saturated carbocycles. The fraction of sp³-hybridized carbons (Fsp3) is 0.280. The topological polar surface area (TPSA) is 106 Å². The highest BCUT2D eigenvalue weighted by molar-refractivity contribution is 6.01. The lowest BCUT2D eigenvalue weighted by atomic mass is 10.1. The Morgan fingerprint density at radius 2 is 2.12 bits per heavy atom. The van der Waals surface area contributed by atoms with E-state index < -0.39 is 11.5 Å². The Kier molecular flexibility index (Phi) is 6.52. The van der Waals surface area contributed by atoms with Crippen LogP contribution in [0.4, 0.5) is 0 Å². The lowest BCUT2D eigenvalue weighted by Gasteiger charge is -2.12. The largest absolute Gasteiger partial charge is 0.438 e. The van der Waals surface area contributed by atoms with Crippen molar-refractivity contribution in [3.63, 3.8) is 0 Å². The number of amides is 1. The summed E-state index contributed by atoms with van der Waals surface area (Å²) in [5, 5.41) is 12.3. The maximum Gasteiger partial charge on any atom is 0.269 e. The third kappa shape index (κ3) is 5.10. The number of benzene rings is 1. The summed E-state index contributed by atoms with van der Waals surface area (Å²) in [6, 6.07) is 12.7. The predicted molar refractivity (Wildman–Crippen MR) is 123 cm³/mol. The molecule has 8 heteroatoms. The fourth-order valence-electron chi connectivity index (χ4n) is 3.79. The SMILES string of the molecule is Cc1cc(C)cc(Oc2nc3ccccn3c(=O)c2/C=C(\C#N)C(=O)NCC2CCCO2)c1. The van der Waals surface area contributed by atoms with Crippen molar-refractivity contribution in [2.24, 2.45) is 0 Å². The molecule has 8 nitrogen and oxygen atoms in total. The minimum Gasteiger partial charge on any atom is -0.438 e. The molecule has 1 fully saturated rings. The first-order valence-corrected chi connectivity index (χ1v) is 10.7. The molecule has 1 unspecified atom stereocenters. The van der Waals surface area contributed by atoms with E-state index in [1.165, 1.54) is 10.5 Å². The van der Waals surface area contributed by atoms with Gasteiger partial charge in [-0.1, -0.05) is 12.1 Å². The minimum atomic E-state index is -0.581. The van der Waals surface area contributed by atoms with Gasteiger partial charge in [-0.05, 0) is 68.2 Å². The average Bonchev–Trinajstić information content (AvgIpc) is 3.30. The molecule has 4 rings (SSSR count). The Morgan fingerprint density at radius 3 is 2.82 bits per heavy atom. The number of nitriles is 1. The van der Waals surface area contributed by atoms with E-state index in [1.807, 2.05) is 38.1 Å². The summed E-state index contributed by atoms with van der Waals surface area (Å²) in [7, 11) is 0. The van der Waals surface area contributed by atoms with Crippen LogP contribution in [-0.2, 0) is 9.53 Å². The van der Waals surface area contributed by atoms with Gasteiger partial charge in [-0.25, -0.2) is 0 Å². The van der Waals surface area contributed by atoms with E-state index in [1.54, 1.807) is 24.4 Å². The number of rotatable bonds is 6. The van der Waals surface area contributed by atoms with Crippen molar-refractivity contribution in [3.05, 3.63) is 75.2 Å². The highest BCUT2D eigenvalue weighted by atomic mass is 16.5. The molecule has 1 aliphatic rings. The van der Waals surface area contributed by atoms with E-state index in [4.69, 9.17) is 9.47 Å². The molecule has 2 aromatic heterocycles. The van der Waals surface area contributed by atoms with Crippen LogP contribution < -0.4 is 15.6 Å². The third-order valence-corrected chi connectivity index (χ3v) is 5.31. The van der Waals surface area contributed by atoms with Crippen molar-refractivity contribution < 1.29 is 14.3 Å². The first kappa shape index (κ1) is 22.2. The number of carbonyl (C=O) groups is 1. The Morgan fingerprint density at radius 1 is 1.33 bits per heavy atom. The van der Waals surface area contributed by atoms with E-state index in [0.717, 1.165) is 24.0 Å². The molecule has 1 amide bonds. The second kappa shape index (κ2) is 9.67. The van der Waals surface area contributed by atoms with Crippen LogP contribution in [0.15, 0.2) is 53.0 Å². The second-order valence-corrected chi connectivity index (χ2v) is 8.00. The summed E-state index contributed by atoms with van der Waals surface area (Å²) in [6.45, 7) is 4.85. The number of hydrogen-bond donors (Lipinski definition) is 1. The van der Waals surface area contributed by atoms with E-state index in [0.29, 0.717) is 24.5 Å². The molecule has 0 bridgehead atoms. The van der Waals surface area contributed by atoms with Crippen LogP contribution in [-0.4, -0.2) is 34.5 Å². The van der Waals surface area contributed by atoms with Gasteiger partial charge in [-0.3, -0.25) is 14.0 Å². The lowest BCUT2D eigenvalue weighted by molar-refractivity contribution is -0.117. The molecule has 0 spiro atoms. The first-order valence-electron chi connectivity index (χ1n) is 10.7. The monoisotopic (exact) mass is 444 g/mol. The fourth-order valence-corrected chi connectivity index (χ4v) is 3.79. The zero-order valence-electron chi connectivity index (χ0n) is 18.5. The summed E-state index contributed by atoms with van der Waals surface area (Å²) in [4.78, 5) is 30.4. The Labute approximate surface area is 191 Å². The predicted octanol–water partition coefficient (Wildman–Crippen LogP) is 3.31. The maximum absolute atomic E-state index is 13.3. The normalized spacial score (nSPS) is 15.9. The van der Waals surface area contributed by atoms with Crippen LogP contribution >= 0.6 is 0 Å². The van der Waals surface area contributed by atoms with Gasteiger partial charge in [0.1, 0.15) is 28.6 Å². The van der Waals surface area contributed by atoms with E-state index in [9.17, 15) is 14.9 Å². The summed E-state index contributed by atoms with van der Waals surface area (Å²) in [6.07, 6.45) is 4.55. The zero-order valence-corrected chi connectivity index (χ0v) is 18.5. The van der Waals surface area contributed by atoms with Crippen LogP contribution in [0, 0.1) is 25.2 Å². The lowest BCUT2D eigenvalue weighted by Crippen LogP contribution is -2.32. The average molecular weight is 444 g/mol. The van der Waals surface area contributed by atoms with Crippen molar-refractivity contribution in [1.29, 1.82) is 5.26 Å². The van der Waals surface area contributed by atoms with Gasteiger partial charge in [0.2, 0.25) is 5.88 Å². The molecule has 1 aliphatic heterocycles. The van der Waals surface area contributed by atoms with Crippen molar-refractivity contribution in [2.75, 3.05) is 13.2 Å². The number of aryl methyl sites for hydroxylation is 2. The number of aromatic nitrogens is 2. The summed E-state index contributed by atoms with van der Waals surface area (Å²) >= 11 is 0. The molecule has 0 aliphatic carbocycles. The molecule has 3 aromatic rings. The van der Waals surface area contributed by atoms with Gasteiger partial charge in [-0.2, -0.15) is 10.2 Å². The third-order valence-electron chi connectivity index (χ3n) is 5.31. The molecule has 0 radical (unpaired) electrons. The number of ether oxygens (including phenoxy) is 2. The van der Waals surface area contributed by atoms with Crippen molar-refractivity contribution >= 4 is 17.6 Å². The molecule has 33 heavy (non-hydrogen) atoms. The second-order valence-electron chi connectivity index (χ2n) is 8.00. The quantitative estimate of drug-likeness (QED) is 0.462. The molecule has 3 heterocycles. The molecular weight excluding hydrogens is 420 g/mol. The van der Waals surface area contributed by atoms with Crippen LogP contribution in [0.5, 0.6) is 11.6 Å². The van der Waals surface area contributed by atoms with Crippen LogP contribution in [0.1, 0.15) is 29.5 Å². The number of pyridine rings is 1. The number of nitrogens with zero attached hydrogens (tertiary/aromatic N) is 3. The Hall–Kier alpha value is -3.96. The van der Waals surface area contributed by atoms with Crippen molar-refractivity contribution in [3.8, 4) is 17.7 Å². The van der Waals surface area contributed by atoms with Gasteiger partial charge in [0, 0.05) is 19.3 Å². The van der Waals surface area contributed by atoms with Gasteiger partial charge < -0.3 is 14.8 Å². The minimum absolute atomic E-state index is 0.0154. The summed E-state index contributed by atoms with van der Waals surface area (Å²) in [5.74, 6) is -0.0468. The number of nitrogens with one attached hydrogen (secondary N) is 1. The highest BCUT2D eigenvalue weighted by Gasteiger charge is 2.20. The van der Waals surface area contributed by atoms with Gasteiger partial charge in [0.25, 0.3) is 11.5 Å². The summed E-state index contributed by atoms with van der Waals surface area (Å²) in [5.41, 5.74) is 1.73. The zero-order chi connectivity index (χ0) is 23.4. The van der Waals surface area contributed by atoms with Gasteiger partial charge in [0.15, 0.2) is 0 Å². The smallest absolute Gasteiger partial charge is 0.269 e.